The van der Waals surface area contributed by atoms with Gasteiger partial charge in [-0.15, -0.1) is 0 Å². The summed E-state index contributed by atoms with van der Waals surface area (Å²) in [5, 5.41) is 0. The van der Waals surface area contributed by atoms with E-state index in [1.807, 2.05) is 0 Å². The molecule has 0 amide bonds. The lowest BCUT2D eigenvalue weighted by atomic mass is 10.7. The van der Waals surface area contributed by atoms with Crippen molar-refractivity contribution in [2.45, 2.75) is 6.92 Å². The highest BCUT2D eigenvalue weighted by molar-refractivity contribution is 5.59. The van der Waals surface area contributed by atoms with Gasteiger partial charge in [-0.25, -0.2) is 4.79 Å². The Morgan fingerprint density at radius 3 is 1.28 bits per heavy atom. The molecule has 0 saturated heterocycles. The third-order valence-corrected chi connectivity index (χ3v) is 2.63. The quantitative estimate of drug-likeness (QED) is 0.243. The average molecular weight is 368 g/mol. The predicted molar refractivity (Wildman–Crippen MR) is 88.9 cm³/mol. The minimum absolute atomic E-state index is 0.166. The molecule has 9 nitrogen and oxygen atoms in total. The van der Waals surface area contributed by atoms with Crippen molar-refractivity contribution >= 4 is 6.16 Å². The van der Waals surface area contributed by atoms with Gasteiger partial charge in [0.2, 0.25) is 0 Å². The fourth-order valence-electron chi connectivity index (χ4n) is 1.47. The summed E-state index contributed by atoms with van der Waals surface area (Å²) in [6, 6.07) is 0. The number of ether oxygens (including phenoxy) is 8. The van der Waals surface area contributed by atoms with E-state index in [1.165, 1.54) is 0 Å². The molecule has 9 heteroatoms. The molecule has 25 heavy (non-hydrogen) atoms. The van der Waals surface area contributed by atoms with Gasteiger partial charge in [0.25, 0.3) is 0 Å². The topological polar surface area (TPSA) is 90.9 Å². The van der Waals surface area contributed by atoms with Crippen LogP contribution in [0.1, 0.15) is 6.92 Å². The van der Waals surface area contributed by atoms with Gasteiger partial charge in [0.15, 0.2) is 0 Å². The molecule has 0 aromatic carbocycles. The van der Waals surface area contributed by atoms with Gasteiger partial charge in [-0.3, -0.25) is 0 Å². The van der Waals surface area contributed by atoms with E-state index in [4.69, 9.17) is 33.2 Å². The number of hydrogen-bond donors (Lipinski definition) is 0. The van der Waals surface area contributed by atoms with Crippen molar-refractivity contribution in [2.24, 2.45) is 0 Å². The molecule has 0 aromatic heterocycles. The van der Waals surface area contributed by atoms with Crippen molar-refractivity contribution in [2.75, 3.05) is 93.0 Å². The van der Waals surface area contributed by atoms with Crippen LogP contribution in [0.25, 0.3) is 0 Å². The number of rotatable bonds is 19. The molecule has 0 fully saturated rings. The first kappa shape index (κ1) is 24.0. The Morgan fingerprint density at radius 1 is 0.560 bits per heavy atom. The molecule has 0 N–H and O–H groups in total. The maximum absolute atomic E-state index is 10.9. The zero-order valence-corrected chi connectivity index (χ0v) is 15.4. The van der Waals surface area contributed by atoms with Crippen LogP contribution < -0.4 is 0 Å². The maximum atomic E-state index is 10.9. The summed E-state index contributed by atoms with van der Waals surface area (Å²) in [7, 11) is 1.64. The molecule has 0 aliphatic heterocycles. The molecule has 0 radical (unpaired) electrons. The normalized spacial score (nSPS) is 10.8. The summed E-state index contributed by atoms with van der Waals surface area (Å²) in [5.74, 6) is 0. The summed E-state index contributed by atoms with van der Waals surface area (Å²) < 4.78 is 40.7. The summed E-state index contributed by atoms with van der Waals surface area (Å²) >= 11 is 0. The second-order valence-corrected chi connectivity index (χ2v) is 4.59. The minimum Gasteiger partial charge on any atom is -0.435 e. The summed E-state index contributed by atoms with van der Waals surface area (Å²) in [6.45, 7) is 7.67. The van der Waals surface area contributed by atoms with Crippen molar-refractivity contribution in [3.63, 3.8) is 0 Å². The molecular formula is C16H32O9. The third kappa shape index (κ3) is 21.0. The summed E-state index contributed by atoms with van der Waals surface area (Å²) in [5.41, 5.74) is 0. The van der Waals surface area contributed by atoms with E-state index >= 15 is 0 Å². The largest absolute Gasteiger partial charge is 0.508 e. The van der Waals surface area contributed by atoms with E-state index in [9.17, 15) is 4.79 Å². The van der Waals surface area contributed by atoms with Crippen LogP contribution in [-0.4, -0.2) is 99.2 Å². The highest BCUT2D eigenvalue weighted by Crippen LogP contribution is 1.87. The van der Waals surface area contributed by atoms with E-state index in [0.29, 0.717) is 79.3 Å². The molecular weight excluding hydrogens is 336 g/mol. The van der Waals surface area contributed by atoms with Crippen molar-refractivity contribution in [3.8, 4) is 0 Å². The smallest absolute Gasteiger partial charge is 0.435 e. The number of carbonyl (C=O) groups excluding carboxylic acids is 1. The first-order valence-electron chi connectivity index (χ1n) is 8.48. The zero-order chi connectivity index (χ0) is 18.4. The average Bonchev–Trinajstić information content (AvgIpc) is 2.61. The van der Waals surface area contributed by atoms with Gasteiger partial charge in [0.05, 0.1) is 79.3 Å². The van der Waals surface area contributed by atoms with Crippen LogP contribution in [0.4, 0.5) is 4.79 Å². The Labute approximate surface area is 149 Å². The van der Waals surface area contributed by atoms with Gasteiger partial charge in [-0.05, 0) is 6.92 Å². The molecule has 0 saturated carbocycles. The second-order valence-electron chi connectivity index (χ2n) is 4.59. The Morgan fingerprint density at radius 2 is 0.920 bits per heavy atom. The predicted octanol–water partition coefficient (Wildman–Crippen LogP) is 0.889. The minimum atomic E-state index is -0.679. The van der Waals surface area contributed by atoms with Crippen LogP contribution in [-0.2, 0) is 37.9 Å². The van der Waals surface area contributed by atoms with E-state index in [2.05, 4.69) is 4.74 Å². The van der Waals surface area contributed by atoms with Crippen LogP contribution >= 0.6 is 0 Å². The van der Waals surface area contributed by atoms with Crippen molar-refractivity contribution in [1.29, 1.82) is 0 Å². The van der Waals surface area contributed by atoms with Gasteiger partial charge in [-0.1, -0.05) is 0 Å². The Hall–Kier alpha value is -0.970. The fraction of sp³-hybridized carbons (Fsp3) is 0.938. The van der Waals surface area contributed by atoms with Crippen LogP contribution in [0, 0.1) is 0 Å². The second kappa shape index (κ2) is 21.1. The number of carbonyl (C=O) groups is 1. The lowest BCUT2D eigenvalue weighted by Crippen LogP contribution is -2.15. The summed E-state index contributed by atoms with van der Waals surface area (Å²) in [6.07, 6.45) is -0.679. The molecule has 0 atom stereocenters. The van der Waals surface area contributed by atoms with Crippen LogP contribution in [0.2, 0.25) is 0 Å². The molecule has 0 unspecified atom stereocenters. The highest BCUT2D eigenvalue weighted by atomic mass is 16.7. The first-order valence-corrected chi connectivity index (χ1v) is 8.48. The molecule has 0 spiro atoms. The Balaban J connectivity index is 3.02. The van der Waals surface area contributed by atoms with Crippen LogP contribution in [0.3, 0.4) is 0 Å². The van der Waals surface area contributed by atoms with Gasteiger partial charge < -0.3 is 37.9 Å². The van der Waals surface area contributed by atoms with Gasteiger partial charge in [0.1, 0.15) is 6.61 Å². The van der Waals surface area contributed by atoms with Crippen LogP contribution in [0.15, 0.2) is 0 Å². The number of hydrogen-bond acceptors (Lipinski definition) is 9. The van der Waals surface area contributed by atoms with Crippen molar-refractivity contribution < 1.29 is 42.7 Å². The zero-order valence-electron chi connectivity index (χ0n) is 15.4. The maximum Gasteiger partial charge on any atom is 0.508 e. The van der Waals surface area contributed by atoms with E-state index in [0.717, 1.165) is 0 Å². The van der Waals surface area contributed by atoms with Gasteiger partial charge >= 0.3 is 6.16 Å². The Bertz CT molecular complexity index is 276. The lowest BCUT2D eigenvalue weighted by Gasteiger charge is -2.08. The van der Waals surface area contributed by atoms with Gasteiger partial charge in [-0.2, -0.15) is 0 Å². The van der Waals surface area contributed by atoms with Crippen molar-refractivity contribution in [1.82, 2.24) is 0 Å². The summed E-state index contributed by atoms with van der Waals surface area (Å²) in [4.78, 5) is 10.9. The molecule has 0 aromatic rings. The third-order valence-electron chi connectivity index (χ3n) is 2.63. The van der Waals surface area contributed by atoms with E-state index in [-0.39, 0.29) is 6.61 Å². The highest BCUT2D eigenvalue weighted by Gasteiger charge is 2.00. The lowest BCUT2D eigenvalue weighted by molar-refractivity contribution is -0.0188. The molecule has 0 heterocycles. The number of methoxy groups -OCH3 is 1. The monoisotopic (exact) mass is 368 g/mol. The molecule has 150 valence electrons. The molecule has 0 rings (SSSR count). The van der Waals surface area contributed by atoms with E-state index < -0.39 is 6.16 Å². The SMILES string of the molecule is CCOC(=O)OCCOCCOCCOCCOCCOCCOC. The van der Waals surface area contributed by atoms with Crippen molar-refractivity contribution in [3.05, 3.63) is 0 Å². The fourth-order valence-corrected chi connectivity index (χ4v) is 1.47. The van der Waals surface area contributed by atoms with E-state index in [1.54, 1.807) is 14.0 Å². The van der Waals surface area contributed by atoms with Crippen LogP contribution in [0.5, 0.6) is 0 Å². The first-order chi connectivity index (χ1) is 12.3. The van der Waals surface area contributed by atoms with Gasteiger partial charge in [0, 0.05) is 7.11 Å². The molecule has 0 aliphatic rings. The Kier molecular flexibility index (Phi) is 20.3. The standard InChI is InChI=1S/C16H32O9/c1-3-24-16(17)25-15-14-23-13-12-22-11-10-21-9-8-20-7-6-19-5-4-18-2/h3-15H2,1-2H3. The molecule has 0 bridgehead atoms. The molecule has 0 aliphatic carbocycles.